The lowest BCUT2D eigenvalue weighted by atomic mass is 10.0. The van der Waals surface area contributed by atoms with E-state index in [9.17, 15) is 14.7 Å². The first-order valence-electron chi connectivity index (χ1n) is 11.9. The van der Waals surface area contributed by atoms with Gasteiger partial charge in [0.25, 0.3) is 0 Å². The number of benzene rings is 2. The number of nitrogens with zero attached hydrogens (tertiary/aromatic N) is 3. The first-order valence-corrected chi connectivity index (χ1v) is 12.3. The second-order valence-corrected chi connectivity index (χ2v) is 9.07. The van der Waals surface area contributed by atoms with Gasteiger partial charge in [0.15, 0.2) is 5.11 Å². The van der Waals surface area contributed by atoms with Crippen LogP contribution in [0.15, 0.2) is 91.3 Å². The highest BCUT2D eigenvalue weighted by Gasteiger charge is 2.42. The van der Waals surface area contributed by atoms with E-state index in [1.165, 1.54) is 7.11 Å². The number of anilines is 2. The van der Waals surface area contributed by atoms with Crippen molar-refractivity contribution in [2.75, 3.05) is 23.9 Å². The van der Waals surface area contributed by atoms with Crippen molar-refractivity contribution >= 4 is 40.6 Å². The van der Waals surface area contributed by atoms with Gasteiger partial charge in [0.1, 0.15) is 12.6 Å². The van der Waals surface area contributed by atoms with Crippen LogP contribution in [-0.4, -0.2) is 45.4 Å². The Bertz CT molecular complexity index is 1450. The maximum absolute atomic E-state index is 11.9. The number of carbonyl (C=O) groups excluding carboxylic acids is 1. The Morgan fingerprint density at radius 2 is 1.76 bits per heavy atom. The van der Waals surface area contributed by atoms with Crippen molar-refractivity contribution in [3.63, 3.8) is 0 Å². The molecule has 0 saturated carbocycles. The average molecular weight is 528 g/mol. The van der Waals surface area contributed by atoms with Crippen molar-refractivity contribution in [2.24, 2.45) is 0 Å². The number of ether oxygens (including phenoxy) is 1. The molecule has 2 atom stereocenters. The molecule has 2 aromatic heterocycles. The van der Waals surface area contributed by atoms with E-state index in [1.807, 2.05) is 70.3 Å². The van der Waals surface area contributed by atoms with Crippen LogP contribution in [0.25, 0.3) is 5.69 Å². The number of carbonyl (C=O) groups is 2. The summed E-state index contributed by atoms with van der Waals surface area (Å²) in [5, 5.41) is 16.1. The van der Waals surface area contributed by atoms with E-state index < -0.39 is 5.97 Å². The third-order valence-electron chi connectivity index (χ3n) is 6.28. The highest BCUT2D eigenvalue weighted by molar-refractivity contribution is 7.80. The third-order valence-corrected chi connectivity index (χ3v) is 6.59. The molecular formula is C28H25N5O4S. The molecule has 1 aliphatic heterocycles. The smallest absolute Gasteiger partial charge is 0.335 e. The topological polar surface area (TPSA) is 109 Å². The molecule has 10 heteroatoms. The van der Waals surface area contributed by atoms with Gasteiger partial charge in [-0.25, -0.2) is 4.79 Å². The zero-order chi connectivity index (χ0) is 26.6. The molecule has 1 aliphatic rings. The Morgan fingerprint density at radius 3 is 2.42 bits per heavy atom. The first-order chi connectivity index (χ1) is 18.5. The van der Waals surface area contributed by atoms with Gasteiger partial charge in [0.2, 0.25) is 5.91 Å². The number of methoxy groups -OCH3 is 1. The molecular weight excluding hydrogens is 502 g/mol. The Morgan fingerprint density at radius 1 is 1.03 bits per heavy atom. The van der Waals surface area contributed by atoms with Crippen LogP contribution in [0.5, 0.6) is 0 Å². The van der Waals surface area contributed by atoms with Gasteiger partial charge < -0.3 is 29.9 Å². The van der Waals surface area contributed by atoms with Gasteiger partial charge in [-0.15, -0.1) is 0 Å². The van der Waals surface area contributed by atoms with Crippen LogP contribution in [0.2, 0.25) is 0 Å². The lowest BCUT2D eigenvalue weighted by Crippen LogP contribution is -2.30. The molecule has 192 valence electrons. The van der Waals surface area contributed by atoms with Crippen molar-refractivity contribution in [3.05, 3.63) is 108 Å². The summed E-state index contributed by atoms with van der Waals surface area (Å²) in [6.45, 7) is -0.0276. The zero-order valence-corrected chi connectivity index (χ0v) is 21.3. The van der Waals surface area contributed by atoms with Gasteiger partial charge in [-0.05, 0) is 85.0 Å². The Balaban J connectivity index is 1.55. The molecule has 0 radical (unpaired) electrons. The summed E-state index contributed by atoms with van der Waals surface area (Å²) in [6.07, 6.45) is 3.69. The number of hydrogen-bond donors (Lipinski definition) is 3. The summed E-state index contributed by atoms with van der Waals surface area (Å²) < 4.78 is 6.91. The number of rotatable bonds is 8. The predicted molar refractivity (Wildman–Crippen MR) is 148 cm³/mol. The standard InChI is InChI=1S/C28H25N5O4S/c1-37-17-24(34)30-19-9-13-21(14-10-19)33-26(25(31-28(33)38)22-5-2-3-15-29-22)23-6-4-16-32(23)20-11-7-18(8-12-20)27(35)36/h2-16,25-26H,17H2,1H3,(H,30,34)(H,31,38)(H,35,36)/t25-,26+/m1/s1. The molecule has 0 bridgehead atoms. The molecule has 0 aliphatic carbocycles. The lowest BCUT2D eigenvalue weighted by molar-refractivity contribution is -0.119. The van der Waals surface area contributed by atoms with E-state index in [2.05, 4.69) is 15.6 Å². The summed E-state index contributed by atoms with van der Waals surface area (Å²) in [5.41, 5.74) is 4.30. The molecule has 1 fully saturated rings. The van der Waals surface area contributed by atoms with Crippen molar-refractivity contribution in [1.29, 1.82) is 0 Å². The van der Waals surface area contributed by atoms with Crippen molar-refractivity contribution in [2.45, 2.75) is 12.1 Å². The summed E-state index contributed by atoms with van der Waals surface area (Å²) in [5.74, 6) is -1.21. The van der Waals surface area contributed by atoms with E-state index in [-0.39, 0.29) is 30.2 Å². The van der Waals surface area contributed by atoms with Gasteiger partial charge >= 0.3 is 5.97 Å². The second kappa shape index (κ2) is 10.8. The average Bonchev–Trinajstić information content (AvgIpc) is 3.54. The minimum absolute atomic E-state index is 0.0276. The zero-order valence-electron chi connectivity index (χ0n) is 20.4. The van der Waals surface area contributed by atoms with E-state index in [0.29, 0.717) is 10.8 Å². The number of thiocarbonyl (C=S) groups is 1. The molecule has 2 aromatic carbocycles. The van der Waals surface area contributed by atoms with E-state index in [0.717, 1.165) is 22.8 Å². The highest BCUT2D eigenvalue weighted by atomic mass is 32.1. The minimum atomic E-state index is -0.974. The van der Waals surface area contributed by atoms with Crippen LogP contribution in [-0.2, 0) is 9.53 Å². The fourth-order valence-electron chi connectivity index (χ4n) is 4.60. The number of aromatic nitrogens is 2. The molecule has 3 heterocycles. The number of carboxylic acid groups (broad SMARTS) is 1. The van der Waals surface area contributed by atoms with Crippen LogP contribution in [0.3, 0.4) is 0 Å². The maximum atomic E-state index is 11.9. The summed E-state index contributed by atoms with van der Waals surface area (Å²) in [4.78, 5) is 29.9. The van der Waals surface area contributed by atoms with Crippen molar-refractivity contribution in [1.82, 2.24) is 14.9 Å². The monoisotopic (exact) mass is 527 g/mol. The fourth-order valence-corrected chi connectivity index (χ4v) is 4.95. The SMILES string of the molecule is COCC(=O)Nc1ccc(N2C(=S)N[C@H](c3ccccn3)[C@@H]2c2cccn2-c2ccc(C(=O)O)cc2)cc1. The summed E-state index contributed by atoms with van der Waals surface area (Å²) in [7, 11) is 1.47. The van der Waals surface area contributed by atoms with Gasteiger partial charge in [-0.2, -0.15) is 0 Å². The van der Waals surface area contributed by atoms with Crippen molar-refractivity contribution < 1.29 is 19.4 Å². The Kier molecular flexibility index (Phi) is 7.16. The van der Waals surface area contributed by atoms with Gasteiger partial charge in [0, 0.05) is 42.3 Å². The number of nitrogens with one attached hydrogen (secondary N) is 2. The second-order valence-electron chi connectivity index (χ2n) is 8.68. The van der Waals surface area contributed by atoms with Crippen molar-refractivity contribution in [3.8, 4) is 5.69 Å². The molecule has 9 nitrogen and oxygen atoms in total. The predicted octanol–water partition coefficient (Wildman–Crippen LogP) is 4.33. The van der Waals surface area contributed by atoms with Gasteiger partial charge in [-0.3, -0.25) is 9.78 Å². The number of carboxylic acids is 1. The Labute approximate surface area is 224 Å². The minimum Gasteiger partial charge on any atom is -0.478 e. The van der Waals surface area contributed by atoms with Crippen LogP contribution in [0.4, 0.5) is 11.4 Å². The van der Waals surface area contributed by atoms with Crippen LogP contribution >= 0.6 is 12.2 Å². The van der Waals surface area contributed by atoms with Gasteiger partial charge in [-0.1, -0.05) is 6.07 Å². The molecule has 1 amide bonds. The van der Waals surface area contributed by atoms with Gasteiger partial charge in [0.05, 0.1) is 17.3 Å². The number of hydrogen-bond acceptors (Lipinski definition) is 5. The molecule has 4 aromatic rings. The fraction of sp³-hybridized carbons (Fsp3) is 0.143. The highest BCUT2D eigenvalue weighted by Crippen LogP contribution is 2.42. The van der Waals surface area contributed by atoms with E-state index >= 15 is 0 Å². The summed E-state index contributed by atoms with van der Waals surface area (Å²) in [6, 6.07) is 23.4. The number of amides is 1. The third kappa shape index (κ3) is 4.99. The molecule has 1 saturated heterocycles. The quantitative estimate of drug-likeness (QED) is 0.291. The molecule has 38 heavy (non-hydrogen) atoms. The number of aromatic carboxylic acids is 1. The maximum Gasteiger partial charge on any atom is 0.335 e. The summed E-state index contributed by atoms with van der Waals surface area (Å²) >= 11 is 5.82. The normalized spacial score (nSPS) is 16.8. The van der Waals surface area contributed by atoms with Crippen LogP contribution in [0.1, 0.15) is 33.8 Å². The van der Waals surface area contributed by atoms with E-state index in [4.69, 9.17) is 17.0 Å². The number of pyridine rings is 1. The lowest BCUT2D eigenvalue weighted by Gasteiger charge is -2.29. The van der Waals surface area contributed by atoms with Crippen LogP contribution < -0.4 is 15.5 Å². The molecule has 5 rings (SSSR count). The Hall–Kier alpha value is -4.54. The molecule has 3 N–H and O–H groups in total. The van der Waals surface area contributed by atoms with E-state index in [1.54, 1.807) is 30.5 Å². The largest absolute Gasteiger partial charge is 0.478 e. The molecule has 0 spiro atoms. The van der Waals surface area contributed by atoms with Crippen LogP contribution in [0, 0.1) is 0 Å². The molecule has 0 unspecified atom stereocenters. The first kappa shape index (κ1) is 25.1.